The summed E-state index contributed by atoms with van der Waals surface area (Å²) in [6, 6.07) is 3.58. The number of hydrogen-bond acceptors (Lipinski definition) is 2. The number of benzene rings is 1. The Morgan fingerprint density at radius 1 is 1.33 bits per heavy atom. The summed E-state index contributed by atoms with van der Waals surface area (Å²) in [5.74, 6) is 0.422. The molecule has 1 aliphatic heterocycles. The Morgan fingerprint density at radius 2 is 1.90 bits per heavy atom. The molecule has 0 amide bonds. The van der Waals surface area contributed by atoms with Gasteiger partial charge in [-0.25, -0.2) is 4.39 Å². The van der Waals surface area contributed by atoms with E-state index < -0.39 is 0 Å². The Bertz CT molecular complexity index is 546. The van der Waals surface area contributed by atoms with Gasteiger partial charge >= 0.3 is 0 Å². The van der Waals surface area contributed by atoms with Gasteiger partial charge < -0.3 is 10.6 Å². The van der Waals surface area contributed by atoms with E-state index in [2.05, 4.69) is 41.6 Å². The molecule has 1 fully saturated rings. The highest BCUT2D eigenvalue weighted by molar-refractivity contribution is 9.10. The maximum Gasteiger partial charge on any atom is 0.161 e. The van der Waals surface area contributed by atoms with Crippen molar-refractivity contribution in [3.05, 3.63) is 28.0 Å². The van der Waals surface area contributed by atoms with Crippen molar-refractivity contribution in [2.75, 3.05) is 18.0 Å². The SMILES string of the molecule is CC(C)(C)C1CCN(c2ccc(C(N)=S)c(Br)c2F)CC1. The van der Waals surface area contributed by atoms with Crippen LogP contribution in [0.3, 0.4) is 0 Å². The van der Waals surface area contributed by atoms with Gasteiger partial charge in [0.25, 0.3) is 0 Å². The normalized spacial score (nSPS) is 17.1. The first-order valence-electron chi connectivity index (χ1n) is 7.24. The molecule has 0 aromatic heterocycles. The molecule has 5 heteroatoms. The fourth-order valence-corrected chi connectivity index (χ4v) is 3.81. The summed E-state index contributed by atoms with van der Waals surface area (Å²) in [7, 11) is 0. The van der Waals surface area contributed by atoms with E-state index in [1.54, 1.807) is 12.1 Å². The maximum atomic E-state index is 14.5. The highest BCUT2D eigenvalue weighted by atomic mass is 79.9. The summed E-state index contributed by atoms with van der Waals surface area (Å²) in [4.78, 5) is 2.32. The number of rotatable bonds is 2. The topological polar surface area (TPSA) is 29.3 Å². The van der Waals surface area contributed by atoms with Crippen molar-refractivity contribution >= 4 is 38.8 Å². The number of thiocarbonyl (C=S) groups is 1. The summed E-state index contributed by atoms with van der Waals surface area (Å²) < 4.78 is 14.9. The van der Waals surface area contributed by atoms with Crippen LogP contribution in [0.5, 0.6) is 0 Å². The fraction of sp³-hybridized carbons (Fsp3) is 0.562. The van der Waals surface area contributed by atoms with Gasteiger partial charge in [-0.3, -0.25) is 0 Å². The van der Waals surface area contributed by atoms with Crippen LogP contribution in [-0.4, -0.2) is 18.1 Å². The Kier molecular flexibility index (Phi) is 4.93. The van der Waals surface area contributed by atoms with Crippen LogP contribution < -0.4 is 10.6 Å². The smallest absolute Gasteiger partial charge is 0.161 e. The van der Waals surface area contributed by atoms with Crippen molar-refractivity contribution in [2.45, 2.75) is 33.6 Å². The summed E-state index contributed by atoms with van der Waals surface area (Å²) in [6.45, 7) is 8.61. The zero-order valence-electron chi connectivity index (χ0n) is 12.7. The minimum absolute atomic E-state index is 0.207. The van der Waals surface area contributed by atoms with Crippen molar-refractivity contribution in [2.24, 2.45) is 17.1 Å². The van der Waals surface area contributed by atoms with Gasteiger partial charge in [0.05, 0.1) is 10.2 Å². The van der Waals surface area contributed by atoms with E-state index in [4.69, 9.17) is 18.0 Å². The standard InChI is InChI=1S/C16H22BrFN2S/c1-16(2,3)10-6-8-20(9-7-10)12-5-4-11(15(19)21)13(17)14(12)18/h4-5,10H,6-9H2,1-3H3,(H2,19,21). The quantitative estimate of drug-likeness (QED) is 0.775. The zero-order chi connectivity index (χ0) is 15.8. The van der Waals surface area contributed by atoms with E-state index in [1.165, 1.54) is 0 Å². The summed E-state index contributed by atoms with van der Waals surface area (Å²) in [5, 5.41) is 0. The van der Waals surface area contributed by atoms with Crippen LogP contribution in [0.1, 0.15) is 39.2 Å². The van der Waals surface area contributed by atoms with Gasteiger partial charge in [0.15, 0.2) is 5.82 Å². The minimum Gasteiger partial charge on any atom is -0.389 e. The highest BCUT2D eigenvalue weighted by Crippen LogP contribution is 2.37. The van der Waals surface area contributed by atoms with Crippen molar-refractivity contribution in [1.82, 2.24) is 0 Å². The molecule has 1 heterocycles. The zero-order valence-corrected chi connectivity index (χ0v) is 15.2. The molecule has 0 saturated carbocycles. The molecular weight excluding hydrogens is 351 g/mol. The molecular formula is C16H22BrFN2S. The van der Waals surface area contributed by atoms with Gasteiger partial charge in [0, 0.05) is 18.7 Å². The Labute approximate surface area is 140 Å². The second-order valence-electron chi connectivity index (χ2n) is 6.75. The predicted octanol–water partition coefficient (Wildman–Crippen LogP) is 4.48. The average molecular weight is 373 g/mol. The van der Waals surface area contributed by atoms with Crippen molar-refractivity contribution in [1.29, 1.82) is 0 Å². The summed E-state index contributed by atoms with van der Waals surface area (Å²) >= 11 is 8.21. The van der Waals surface area contributed by atoms with E-state index in [0.717, 1.165) is 25.9 Å². The van der Waals surface area contributed by atoms with Crippen LogP contribution in [0.15, 0.2) is 16.6 Å². The molecule has 1 saturated heterocycles. The second-order valence-corrected chi connectivity index (χ2v) is 7.98. The van der Waals surface area contributed by atoms with E-state index in [1.807, 2.05) is 0 Å². The molecule has 0 bridgehead atoms. The Hall–Kier alpha value is -0.680. The first-order chi connectivity index (χ1) is 9.71. The van der Waals surface area contributed by atoms with Crippen LogP contribution in [0, 0.1) is 17.2 Å². The lowest BCUT2D eigenvalue weighted by Crippen LogP contribution is -2.38. The fourth-order valence-electron chi connectivity index (χ4n) is 2.96. The molecule has 0 unspecified atom stereocenters. The number of nitrogens with zero attached hydrogens (tertiary/aromatic N) is 1. The number of anilines is 1. The Morgan fingerprint density at radius 3 is 2.38 bits per heavy atom. The molecule has 2 N–H and O–H groups in total. The van der Waals surface area contributed by atoms with E-state index in [9.17, 15) is 4.39 Å². The monoisotopic (exact) mass is 372 g/mol. The molecule has 1 aliphatic rings. The van der Waals surface area contributed by atoms with E-state index in [-0.39, 0.29) is 10.8 Å². The van der Waals surface area contributed by atoms with Gasteiger partial charge in [-0.1, -0.05) is 33.0 Å². The molecule has 0 aliphatic carbocycles. The molecule has 1 aromatic carbocycles. The number of hydrogen-bond donors (Lipinski definition) is 1. The molecule has 21 heavy (non-hydrogen) atoms. The molecule has 2 nitrogen and oxygen atoms in total. The predicted molar refractivity (Wildman–Crippen MR) is 94.4 cm³/mol. The first kappa shape index (κ1) is 16.7. The molecule has 0 atom stereocenters. The van der Waals surface area contributed by atoms with Crippen LogP contribution >= 0.6 is 28.1 Å². The van der Waals surface area contributed by atoms with Crippen molar-refractivity contribution in [3.63, 3.8) is 0 Å². The maximum absolute atomic E-state index is 14.5. The van der Waals surface area contributed by atoms with Crippen LogP contribution in [0.4, 0.5) is 10.1 Å². The molecule has 1 aromatic rings. The van der Waals surface area contributed by atoms with Crippen LogP contribution in [0.25, 0.3) is 0 Å². The minimum atomic E-state index is -0.269. The molecule has 0 radical (unpaired) electrons. The van der Waals surface area contributed by atoms with Crippen molar-refractivity contribution in [3.8, 4) is 0 Å². The highest BCUT2D eigenvalue weighted by Gasteiger charge is 2.30. The third-order valence-electron chi connectivity index (χ3n) is 4.39. The molecule has 116 valence electrons. The lowest BCUT2D eigenvalue weighted by molar-refractivity contribution is 0.198. The lowest BCUT2D eigenvalue weighted by atomic mass is 9.75. The molecule has 2 rings (SSSR count). The second kappa shape index (κ2) is 6.21. The van der Waals surface area contributed by atoms with Crippen LogP contribution in [0.2, 0.25) is 0 Å². The molecule has 0 spiro atoms. The average Bonchev–Trinajstić information content (AvgIpc) is 2.40. The van der Waals surface area contributed by atoms with Gasteiger partial charge in [-0.05, 0) is 52.2 Å². The number of piperidine rings is 1. The summed E-state index contributed by atoms with van der Waals surface area (Å²) in [6.07, 6.45) is 2.19. The van der Waals surface area contributed by atoms with Gasteiger partial charge in [-0.15, -0.1) is 0 Å². The largest absolute Gasteiger partial charge is 0.389 e. The first-order valence-corrected chi connectivity index (χ1v) is 8.44. The Balaban J connectivity index is 2.18. The van der Waals surface area contributed by atoms with Crippen LogP contribution in [-0.2, 0) is 0 Å². The summed E-state index contributed by atoms with van der Waals surface area (Å²) in [5.41, 5.74) is 7.10. The van der Waals surface area contributed by atoms with Crippen molar-refractivity contribution < 1.29 is 4.39 Å². The number of nitrogens with two attached hydrogens (primary N) is 1. The van der Waals surface area contributed by atoms with Gasteiger partial charge in [0.1, 0.15) is 4.99 Å². The van der Waals surface area contributed by atoms with Gasteiger partial charge in [-0.2, -0.15) is 0 Å². The number of halogens is 2. The third kappa shape index (κ3) is 3.57. The third-order valence-corrected chi connectivity index (χ3v) is 5.38. The van der Waals surface area contributed by atoms with E-state index >= 15 is 0 Å². The van der Waals surface area contributed by atoms with Gasteiger partial charge in [0.2, 0.25) is 0 Å². The van der Waals surface area contributed by atoms with E-state index in [0.29, 0.717) is 27.1 Å². The lowest BCUT2D eigenvalue weighted by Gasteiger charge is -2.40.